The number of rotatable bonds is 2. The summed E-state index contributed by atoms with van der Waals surface area (Å²) < 4.78 is 10.9. The molecule has 3 rings (SSSR count). The normalized spacial score (nSPS) is 25.1. The lowest BCUT2D eigenvalue weighted by molar-refractivity contribution is -0.149. The maximum atomic E-state index is 12.8. The molecule has 26 heavy (non-hydrogen) atoms. The van der Waals surface area contributed by atoms with E-state index >= 15 is 0 Å². The molecular formula is C21H29NO4. The summed E-state index contributed by atoms with van der Waals surface area (Å²) in [5.41, 5.74) is 1.53. The number of carbonyl (C=O) groups is 2. The number of nitrogens with zero attached hydrogens (tertiary/aromatic N) is 1. The fraction of sp³-hybridized carbons (Fsp3) is 0.619. The number of benzene rings is 1. The van der Waals surface area contributed by atoms with Crippen LogP contribution in [-0.4, -0.2) is 42.3 Å². The third kappa shape index (κ3) is 3.44. The number of aryl methyl sites for hydroxylation is 1. The first kappa shape index (κ1) is 18.7. The summed E-state index contributed by atoms with van der Waals surface area (Å²) in [5.74, 6) is -0.563. The van der Waals surface area contributed by atoms with Gasteiger partial charge >= 0.3 is 12.1 Å². The molecule has 142 valence electrons. The predicted molar refractivity (Wildman–Crippen MR) is 99.0 cm³/mol. The van der Waals surface area contributed by atoms with Crippen LogP contribution >= 0.6 is 0 Å². The summed E-state index contributed by atoms with van der Waals surface area (Å²) in [4.78, 5) is 27.1. The topological polar surface area (TPSA) is 55.8 Å². The van der Waals surface area contributed by atoms with Gasteiger partial charge in [-0.25, -0.2) is 4.79 Å². The lowest BCUT2D eigenvalue weighted by Gasteiger charge is -2.39. The molecule has 0 saturated carbocycles. The summed E-state index contributed by atoms with van der Waals surface area (Å²) >= 11 is 0. The molecule has 2 unspecified atom stereocenters. The standard InChI is InChI=1S/C21H29NO4/c1-5-25-18(23)17-13-22(19(24)26-20(2,3)4)14-21(17)12-8-10-15-9-6-7-11-16(15)21/h6-7,9,11,17H,5,8,10,12-14H2,1-4H3. The van der Waals surface area contributed by atoms with E-state index in [1.807, 2.05) is 39.8 Å². The smallest absolute Gasteiger partial charge is 0.410 e. The largest absolute Gasteiger partial charge is 0.466 e. The number of esters is 1. The molecule has 2 atom stereocenters. The predicted octanol–water partition coefficient (Wildman–Crippen LogP) is 3.69. The maximum Gasteiger partial charge on any atom is 0.410 e. The van der Waals surface area contributed by atoms with E-state index < -0.39 is 5.60 Å². The van der Waals surface area contributed by atoms with Crippen molar-refractivity contribution in [2.24, 2.45) is 5.92 Å². The van der Waals surface area contributed by atoms with Crippen LogP contribution in [0.1, 0.15) is 51.7 Å². The third-order valence-electron chi connectivity index (χ3n) is 5.39. The van der Waals surface area contributed by atoms with Crippen LogP contribution < -0.4 is 0 Å². The summed E-state index contributed by atoms with van der Waals surface area (Å²) in [5, 5.41) is 0. The second-order valence-electron chi connectivity index (χ2n) is 8.33. The van der Waals surface area contributed by atoms with E-state index in [0.29, 0.717) is 19.7 Å². The van der Waals surface area contributed by atoms with Crippen LogP contribution in [-0.2, 0) is 26.1 Å². The van der Waals surface area contributed by atoms with Crippen molar-refractivity contribution in [3.05, 3.63) is 35.4 Å². The molecule has 5 nitrogen and oxygen atoms in total. The summed E-state index contributed by atoms with van der Waals surface area (Å²) in [6.45, 7) is 8.59. The van der Waals surface area contributed by atoms with Crippen molar-refractivity contribution in [1.82, 2.24) is 4.90 Å². The molecule has 1 spiro atoms. The lowest BCUT2D eigenvalue weighted by atomic mass is 9.64. The van der Waals surface area contributed by atoms with Gasteiger partial charge in [0.2, 0.25) is 0 Å². The molecule has 2 aliphatic rings. The second kappa shape index (κ2) is 6.93. The highest BCUT2D eigenvalue weighted by Gasteiger charge is 2.55. The Morgan fingerprint density at radius 3 is 2.69 bits per heavy atom. The SMILES string of the molecule is CCOC(=O)C1CN(C(=O)OC(C)(C)C)CC12CCCc1ccccc12. The number of likely N-dealkylation sites (tertiary alicyclic amines) is 1. The van der Waals surface area contributed by atoms with Crippen LogP contribution in [0.2, 0.25) is 0 Å². The van der Waals surface area contributed by atoms with Crippen molar-refractivity contribution >= 4 is 12.1 Å². The zero-order chi connectivity index (χ0) is 18.9. The monoisotopic (exact) mass is 359 g/mol. The highest BCUT2D eigenvalue weighted by Crippen LogP contribution is 2.48. The van der Waals surface area contributed by atoms with E-state index in [9.17, 15) is 9.59 Å². The number of ether oxygens (including phenoxy) is 2. The molecule has 0 radical (unpaired) electrons. The number of fused-ring (bicyclic) bond motifs is 2. The highest BCUT2D eigenvalue weighted by atomic mass is 16.6. The molecule has 0 N–H and O–H groups in total. The Morgan fingerprint density at radius 1 is 1.27 bits per heavy atom. The number of amides is 1. The van der Waals surface area contributed by atoms with E-state index in [1.54, 1.807) is 4.90 Å². The second-order valence-corrected chi connectivity index (χ2v) is 8.33. The van der Waals surface area contributed by atoms with Crippen LogP contribution in [0.15, 0.2) is 24.3 Å². The van der Waals surface area contributed by atoms with E-state index in [2.05, 4.69) is 12.1 Å². The van der Waals surface area contributed by atoms with E-state index in [4.69, 9.17) is 9.47 Å². The van der Waals surface area contributed by atoms with Crippen LogP contribution in [0.4, 0.5) is 4.79 Å². The van der Waals surface area contributed by atoms with Gasteiger partial charge in [-0.05, 0) is 58.1 Å². The van der Waals surface area contributed by atoms with Crippen molar-refractivity contribution in [3.63, 3.8) is 0 Å². The molecular weight excluding hydrogens is 330 g/mol. The fourth-order valence-corrected chi connectivity index (χ4v) is 4.40. The molecule has 0 bridgehead atoms. The minimum atomic E-state index is -0.559. The number of carbonyl (C=O) groups excluding carboxylic acids is 2. The Bertz CT molecular complexity index is 693. The van der Waals surface area contributed by atoms with Crippen LogP contribution in [0.25, 0.3) is 0 Å². The summed E-state index contributed by atoms with van der Waals surface area (Å²) in [6, 6.07) is 8.30. The fourth-order valence-electron chi connectivity index (χ4n) is 4.40. The quantitative estimate of drug-likeness (QED) is 0.756. The minimum Gasteiger partial charge on any atom is -0.466 e. The van der Waals surface area contributed by atoms with Crippen molar-refractivity contribution in [3.8, 4) is 0 Å². The van der Waals surface area contributed by atoms with Crippen molar-refractivity contribution < 1.29 is 19.1 Å². The first-order valence-electron chi connectivity index (χ1n) is 9.50. The van der Waals surface area contributed by atoms with E-state index in [1.165, 1.54) is 11.1 Å². The molecule has 1 aromatic carbocycles. The van der Waals surface area contributed by atoms with Gasteiger partial charge in [-0.2, -0.15) is 0 Å². The van der Waals surface area contributed by atoms with Gasteiger partial charge in [0.05, 0.1) is 12.5 Å². The van der Waals surface area contributed by atoms with Crippen LogP contribution in [0.5, 0.6) is 0 Å². The molecule has 1 amide bonds. The van der Waals surface area contributed by atoms with Gasteiger partial charge in [-0.1, -0.05) is 24.3 Å². The van der Waals surface area contributed by atoms with Crippen molar-refractivity contribution in [2.75, 3.05) is 19.7 Å². The molecule has 0 aromatic heterocycles. The number of hydrogen-bond donors (Lipinski definition) is 0. The zero-order valence-corrected chi connectivity index (χ0v) is 16.2. The van der Waals surface area contributed by atoms with Crippen molar-refractivity contribution in [1.29, 1.82) is 0 Å². The molecule has 1 fully saturated rings. The van der Waals surface area contributed by atoms with Gasteiger partial charge in [0, 0.05) is 18.5 Å². The highest BCUT2D eigenvalue weighted by molar-refractivity contribution is 5.79. The third-order valence-corrected chi connectivity index (χ3v) is 5.39. The average molecular weight is 359 g/mol. The first-order chi connectivity index (χ1) is 12.3. The zero-order valence-electron chi connectivity index (χ0n) is 16.2. The van der Waals surface area contributed by atoms with Gasteiger partial charge in [0.1, 0.15) is 5.60 Å². The Hall–Kier alpha value is -2.04. The molecule has 1 aromatic rings. The minimum absolute atomic E-state index is 0.213. The van der Waals surface area contributed by atoms with Gasteiger partial charge < -0.3 is 14.4 Å². The van der Waals surface area contributed by atoms with Crippen LogP contribution in [0, 0.1) is 5.92 Å². The lowest BCUT2D eigenvalue weighted by Crippen LogP contribution is -2.43. The van der Waals surface area contributed by atoms with E-state index in [0.717, 1.165) is 19.3 Å². The van der Waals surface area contributed by atoms with Crippen LogP contribution in [0.3, 0.4) is 0 Å². The summed E-state index contributed by atoms with van der Waals surface area (Å²) in [6.07, 6.45) is 2.55. The molecule has 1 aliphatic heterocycles. The van der Waals surface area contributed by atoms with Gasteiger partial charge in [0.25, 0.3) is 0 Å². The average Bonchev–Trinajstić information content (AvgIpc) is 2.94. The number of hydrogen-bond acceptors (Lipinski definition) is 4. The van der Waals surface area contributed by atoms with Crippen molar-refractivity contribution in [2.45, 2.75) is 58.0 Å². The Kier molecular flexibility index (Phi) is 5.00. The Balaban J connectivity index is 1.97. The Morgan fingerprint density at radius 2 is 2.00 bits per heavy atom. The maximum absolute atomic E-state index is 12.8. The Labute approximate surface area is 155 Å². The molecule has 1 aliphatic carbocycles. The molecule has 1 heterocycles. The van der Waals surface area contributed by atoms with E-state index in [-0.39, 0.29) is 23.4 Å². The molecule has 1 saturated heterocycles. The van der Waals surface area contributed by atoms with Gasteiger partial charge in [-0.15, -0.1) is 0 Å². The van der Waals surface area contributed by atoms with Gasteiger partial charge in [-0.3, -0.25) is 4.79 Å². The summed E-state index contributed by atoms with van der Waals surface area (Å²) in [7, 11) is 0. The first-order valence-corrected chi connectivity index (χ1v) is 9.50. The molecule has 5 heteroatoms. The van der Waals surface area contributed by atoms with Gasteiger partial charge in [0.15, 0.2) is 0 Å².